The van der Waals surface area contributed by atoms with Gasteiger partial charge in [0, 0.05) is 13.1 Å². The Kier molecular flexibility index (Phi) is 6.21. The van der Waals surface area contributed by atoms with Crippen LogP contribution in [0.4, 0.5) is 0 Å². The van der Waals surface area contributed by atoms with Crippen LogP contribution in [0.1, 0.15) is 26.7 Å². The van der Waals surface area contributed by atoms with E-state index in [1.54, 1.807) is 0 Å². The van der Waals surface area contributed by atoms with Crippen LogP contribution in [-0.2, 0) is 4.79 Å². The van der Waals surface area contributed by atoms with Crippen molar-refractivity contribution in [2.45, 2.75) is 32.7 Å². The number of thioether (sulfide) groups is 1. The molecule has 1 aliphatic rings. The van der Waals surface area contributed by atoms with Gasteiger partial charge in [0.25, 0.3) is 0 Å². The second kappa shape index (κ2) is 7.17. The fraction of sp³-hybridized carbons (Fsp3) is 0.917. The van der Waals surface area contributed by atoms with E-state index in [0.717, 1.165) is 38.2 Å². The highest BCUT2D eigenvalue weighted by Crippen LogP contribution is 2.15. The normalized spacial score (nSPS) is 23.6. The molecule has 0 aromatic rings. The fourth-order valence-corrected chi connectivity index (χ4v) is 2.95. The van der Waals surface area contributed by atoms with Crippen LogP contribution in [0.3, 0.4) is 0 Å². The fourth-order valence-electron chi connectivity index (χ4n) is 2.27. The lowest BCUT2D eigenvalue weighted by Gasteiger charge is -2.34. The lowest BCUT2D eigenvalue weighted by Crippen LogP contribution is -2.51. The Hall–Kier alpha value is -0.220. The van der Waals surface area contributed by atoms with Gasteiger partial charge in [-0.15, -0.1) is 0 Å². The molecule has 1 rings (SSSR count). The molecule has 16 heavy (non-hydrogen) atoms. The van der Waals surface area contributed by atoms with Crippen molar-refractivity contribution in [3.05, 3.63) is 0 Å². The molecule has 1 N–H and O–H groups in total. The molecule has 2 unspecified atom stereocenters. The summed E-state index contributed by atoms with van der Waals surface area (Å²) < 4.78 is 0. The maximum atomic E-state index is 12.1. The number of carbonyl (C=O) groups is 1. The first kappa shape index (κ1) is 13.8. The van der Waals surface area contributed by atoms with E-state index in [4.69, 9.17) is 0 Å². The van der Waals surface area contributed by atoms with E-state index in [-0.39, 0.29) is 6.04 Å². The number of likely N-dealkylation sites (tertiary alicyclic amines) is 1. The number of nitrogens with one attached hydrogen (secondary N) is 1. The summed E-state index contributed by atoms with van der Waals surface area (Å²) in [4.78, 5) is 14.2. The van der Waals surface area contributed by atoms with E-state index in [0.29, 0.717) is 11.8 Å². The highest BCUT2D eigenvalue weighted by Gasteiger charge is 2.28. The van der Waals surface area contributed by atoms with Crippen molar-refractivity contribution >= 4 is 17.7 Å². The first-order valence-electron chi connectivity index (χ1n) is 6.20. The first-order valence-corrected chi connectivity index (χ1v) is 7.59. The van der Waals surface area contributed by atoms with Crippen molar-refractivity contribution in [1.82, 2.24) is 10.2 Å². The number of nitrogens with zero attached hydrogens (tertiary/aromatic N) is 1. The molecular formula is C12H24N2OS. The summed E-state index contributed by atoms with van der Waals surface area (Å²) >= 11 is 1.86. The van der Waals surface area contributed by atoms with Gasteiger partial charge in [0.2, 0.25) is 5.91 Å². The quantitative estimate of drug-likeness (QED) is 0.770. The molecule has 0 aliphatic carbocycles. The SMILES string of the molecule is CCNC1CCCN(CC(C)CSC)C1=O. The predicted octanol–water partition coefficient (Wildman–Crippen LogP) is 1.59. The molecular weight excluding hydrogens is 220 g/mol. The highest BCUT2D eigenvalue weighted by molar-refractivity contribution is 7.98. The summed E-state index contributed by atoms with van der Waals surface area (Å²) in [6.45, 7) is 7.02. The number of likely N-dealkylation sites (N-methyl/N-ethyl adjacent to an activating group) is 1. The van der Waals surface area contributed by atoms with Crippen LogP contribution in [-0.4, -0.2) is 48.5 Å². The van der Waals surface area contributed by atoms with Gasteiger partial charge in [0.05, 0.1) is 6.04 Å². The third kappa shape index (κ3) is 3.98. The molecule has 4 heteroatoms. The third-order valence-corrected chi connectivity index (χ3v) is 3.87. The van der Waals surface area contributed by atoms with Crippen LogP contribution in [0.25, 0.3) is 0 Å². The van der Waals surface area contributed by atoms with Crippen molar-refractivity contribution in [2.75, 3.05) is 31.6 Å². The van der Waals surface area contributed by atoms with Gasteiger partial charge in [-0.3, -0.25) is 4.79 Å². The van der Waals surface area contributed by atoms with Gasteiger partial charge in [-0.05, 0) is 37.3 Å². The zero-order valence-electron chi connectivity index (χ0n) is 10.7. The van der Waals surface area contributed by atoms with Gasteiger partial charge >= 0.3 is 0 Å². The Morgan fingerprint density at radius 2 is 2.38 bits per heavy atom. The Labute approximate surface area is 103 Å². The highest BCUT2D eigenvalue weighted by atomic mass is 32.2. The number of hydrogen-bond acceptors (Lipinski definition) is 3. The summed E-state index contributed by atoms with van der Waals surface area (Å²) in [5, 5.41) is 3.27. The monoisotopic (exact) mass is 244 g/mol. The molecule has 0 aromatic heterocycles. The number of carbonyl (C=O) groups excluding carboxylic acids is 1. The second-order valence-corrected chi connectivity index (χ2v) is 5.51. The molecule has 0 radical (unpaired) electrons. The van der Waals surface area contributed by atoms with Gasteiger partial charge in [0.15, 0.2) is 0 Å². The number of piperidine rings is 1. The molecule has 0 aromatic carbocycles. The van der Waals surface area contributed by atoms with Gasteiger partial charge in [-0.2, -0.15) is 11.8 Å². The lowest BCUT2D eigenvalue weighted by atomic mass is 10.0. The van der Waals surface area contributed by atoms with E-state index in [2.05, 4.69) is 25.4 Å². The van der Waals surface area contributed by atoms with Crippen molar-refractivity contribution in [2.24, 2.45) is 5.92 Å². The number of amides is 1. The molecule has 1 aliphatic heterocycles. The summed E-state index contributed by atoms with van der Waals surface area (Å²) in [5.41, 5.74) is 0. The first-order chi connectivity index (χ1) is 7.69. The van der Waals surface area contributed by atoms with Crippen molar-refractivity contribution in [1.29, 1.82) is 0 Å². The molecule has 0 bridgehead atoms. The molecule has 0 spiro atoms. The Balaban J connectivity index is 2.43. The Morgan fingerprint density at radius 3 is 3.00 bits per heavy atom. The number of hydrogen-bond donors (Lipinski definition) is 1. The van der Waals surface area contributed by atoms with Crippen LogP contribution in [0, 0.1) is 5.92 Å². The standard InChI is InChI=1S/C12H24N2OS/c1-4-13-11-6-5-7-14(12(11)15)8-10(2)9-16-3/h10-11,13H,4-9H2,1-3H3. The van der Waals surface area contributed by atoms with Crippen LogP contribution < -0.4 is 5.32 Å². The van der Waals surface area contributed by atoms with Crippen molar-refractivity contribution in [3.63, 3.8) is 0 Å². The van der Waals surface area contributed by atoms with E-state index in [1.165, 1.54) is 0 Å². The maximum Gasteiger partial charge on any atom is 0.239 e. The summed E-state index contributed by atoms with van der Waals surface area (Å²) in [7, 11) is 0. The van der Waals surface area contributed by atoms with Crippen molar-refractivity contribution in [3.8, 4) is 0 Å². The molecule has 94 valence electrons. The maximum absolute atomic E-state index is 12.1. The molecule has 1 heterocycles. The van der Waals surface area contributed by atoms with E-state index in [1.807, 2.05) is 16.7 Å². The van der Waals surface area contributed by atoms with E-state index < -0.39 is 0 Å². The van der Waals surface area contributed by atoms with Crippen LogP contribution in [0.5, 0.6) is 0 Å². The van der Waals surface area contributed by atoms with Crippen LogP contribution in [0.2, 0.25) is 0 Å². The average Bonchev–Trinajstić information content (AvgIpc) is 2.24. The minimum atomic E-state index is 0.0697. The average molecular weight is 244 g/mol. The summed E-state index contributed by atoms with van der Waals surface area (Å²) in [6.07, 6.45) is 4.26. The molecule has 1 fully saturated rings. The van der Waals surface area contributed by atoms with Gasteiger partial charge in [0.1, 0.15) is 0 Å². The second-order valence-electron chi connectivity index (χ2n) is 4.60. The predicted molar refractivity (Wildman–Crippen MR) is 70.8 cm³/mol. The lowest BCUT2D eigenvalue weighted by molar-refractivity contribution is -0.136. The number of rotatable bonds is 6. The van der Waals surface area contributed by atoms with Gasteiger partial charge < -0.3 is 10.2 Å². The minimum absolute atomic E-state index is 0.0697. The van der Waals surface area contributed by atoms with E-state index in [9.17, 15) is 4.79 Å². The van der Waals surface area contributed by atoms with Gasteiger partial charge in [-0.25, -0.2) is 0 Å². The van der Waals surface area contributed by atoms with Gasteiger partial charge in [-0.1, -0.05) is 13.8 Å². The van der Waals surface area contributed by atoms with Crippen molar-refractivity contribution < 1.29 is 4.79 Å². The third-order valence-electron chi connectivity index (χ3n) is 2.96. The smallest absolute Gasteiger partial charge is 0.239 e. The Morgan fingerprint density at radius 1 is 1.62 bits per heavy atom. The molecule has 0 saturated carbocycles. The molecule has 1 saturated heterocycles. The molecule has 3 nitrogen and oxygen atoms in total. The summed E-state index contributed by atoms with van der Waals surface area (Å²) in [6, 6.07) is 0.0697. The topological polar surface area (TPSA) is 32.3 Å². The Bertz CT molecular complexity index is 221. The van der Waals surface area contributed by atoms with Crippen LogP contribution in [0.15, 0.2) is 0 Å². The zero-order chi connectivity index (χ0) is 12.0. The van der Waals surface area contributed by atoms with Crippen LogP contribution >= 0.6 is 11.8 Å². The zero-order valence-corrected chi connectivity index (χ0v) is 11.5. The largest absolute Gasteiger partial charge is 0.341 e. The molecule has 2 atom stereocenters. The summed E-state index contributed by atoms with van der Waals surface area (Å²) in [5.74, 6) is 2.04. The minimum Gasteiger partial charge on any atom is -0.341 e. The molecule has 1 amide bonds. The van der Waals surface area contributed by atoms with E-state index >= 15 is 0 Å².